The average molecular weight is 407 g/mol. The van der Waals surface area contributed by atoms with Gasteiger partial charge < -0.3 is 18.8 Å². The largest absolute Gasteiger partial charge is 0.486 e. The van der Waals surface area contributed by atoms with Crippen molar-refractivity contribution >= 4 is 10.0 Å². The molecule has 1 fully saturated rings. The highest BCUT2D eigenvalue weighted by Crippen LogP contribution is 2.32. The number of furan rings is 1. The van der Waals surface area contributed by atoms with E-state index in [0.717, 1.165) is 31.9 Å². The molecule has 0 bridgehead atoms. The SMILES string of the molecule is CN1CCN([C@H](CNS(=O)(=O)c2ccc3c(c2)OCCO3)c2ccco2)CC1. The standard InChI is InChI=1S/C19H25N3O5S/c1-21-6-8-22(9-7-21)16(17-3-2-10-25-17)14-20-28(23,24)15-4-5-18-19(13-15)27-12-11-26-18/h2-5,10,13,16,20H,6-9,11-12,14H2,1H3/t16-/m1/s1. The van der Waals surface area contributed by atoms with Crippen LogP contribution < -0.4 is 14.2 Å². The lowest BCUT2D eigenvalue weighted by molar-refractivity contribution is 0.102. The van der Waals surface area contributed by atoms with Crippen molar-refractivity contribution in [3.05, 3.63) is 42.4 Å². The Kier molecular flexibility index (Phi) is 5.58. The van der Waals surface area contributed by atoms with E-state index in [1.54, 1.807) is 12.3 Å². The number of ether oxygens (including phenoxy) is 2. The number of rotatable bonds is 6. The molecule has 0 saturated carbocycles. The van der Waals surface area contributed by atoms with Crippen molar-refractivity contribution in [1.29, 1.82) is 0 Å². The Labute approximate surface area is 165 Å². The van der Waals surface area contributed by atoms with Gasteiger partial charge in [-0.05, 0) is 31.3 Å². The maximum atomic E-state index is 12.9. The molecule has 4 rings (SSSR count). The van der Waals surface area contributed by atoms with Crippen molar-refractivity contribution in [1.82, 2.24) is 14.5 Å². The third kappa shape index (κ3) is 4.17. The smallest absolute Gasteiger partial charge is 0.240 e. The first-order valence-corrected chi connectivity index (χ1v) is 10.9. The molecule has 1 N–H and O–H groups in total. The van der Waals surface area contributed by atoms with E-state index in [1.807, 2.05) is 12.1 Å². The van der Waals surface area contributed by atoms with Gasteiger partial charge >= 0.3 is 0 Å². The fourth-order valence-electron chi connectivity index (χ4n) is 3.49. The third-order valence-electron chi connectivity index (χ3n) is 5.14. The summed E-state index contributed by atoms with van der Waals surface area (Å²) < 4.78 is 45.0. The molecule has 1 atom stereocenters. The van der Waals surface area contributed by atoms with Crippen molar-refractivity contribution in [2.24, 2.45) is 0 Å². The molecule has 0 aliphatic carbocycles. The maximum absolute atomic E-state index is 12.9. The molecule has 2 aromatic rings. The van der Waals surface area contributed by atoms with Crippen LogP contribution in [-0.4, -0.2) is 71.2 Å². The zero-order chi connectivity index (χ0) is 19.6. The van der Waals surface area contributed by atoms with E-state index >= 15 is 0 Å². The maximum Gasteiger partial charge on any atom is 0.240 e. The van der Waals surface area contributed by atoms with Crippen LogP contribution in [0, 0.1) is 0 Å². The Morgan fingerprint density at radius 2 is 1.82 bits per heavy atom. The van der Waals surface area contributed by atoms with Crippen LogP contribution in [-0.2, 0) is 10.0 Å². The van der Waals surface area contributed by atoms with Gasteiger partial charge in [0.1, 0.15) is 19.0 Å². The highest BCUT2D eigenvalue weighted by Gasteiger charge is 2.28. The number of nitrogens with zero attached hydrogens (tertiary/aromatic N) is 2. The number of sulfonamides is 1. The monoisotopic (exact) mass is 407 g/mol. The number of likely N-dealkylation sites (N-methyl/N-ethyl adjacent to an activating group) is 1. The summed E-state index contributed by atoms with van der Waals surface area (Å²) in [5.74, 6) is 1.78. The molecule has 28 heavy (non-hydrogen) atoms. The topological polar surface area (TPSA) is 84.2 Å². The van der Waals surface area contributed by atoms with Crippen LogP contribution in [0.3, 0.4) is 0 Å². The summed E-state index contributed by atoms with van der Waals surface area (Å²) in [6.07, 6.45) is 1.62. The molecular formula is C19H25N3O5S. The van der Waals surface area contributed by atoms with Crippen molar-refractivity contribution in [2.45, 2.75) is 10.9 Å². The minimum absolute atomic E-state index is 0.157. The molecule has 2 aliphatic heterocycles. The molecule has 1 saturated heterocycles. The van der Waals surface area contributed by atoms with E-state index in [-0.39, 0.29) is 17.5 Å². The highest BCUT2D eigenvalue weighted by atomic mass is 32.2. The molecule has 0 unspecified atom stereocenters. The molecule has 9 heteroatoms. The number of nitrogens with one attached hydrogen (secondary N) is 1. The number of hydrogen-bond acceptors (Lipinski definition) is 7. The molecule has 0 amide bonds. The van der Waals surface area contributed by atoms with Gasteiger partial charge in [0, 0.05) is 38.8 Å². The summed E-state index contributed by atoms with van der Waals surface area (Å²) in [7, 11) is -1.61. The van der Waals surface area contributed by atoms with Crippen LogP contribution in [0.2, 0.25) is 0 Å². The Balaban J connectivity index is 1.50. The van der Waals surface area contributed by atoms with Crippen LogP contribution in [0.4, 0.5) is 0 Å². The Hall–Kier alpha value is -2.07. The number of benzene rings is 1. The van der Waals surface area contributed by atoms with Crippen LogP contribution in [0.15, 0.2) is 45.9 Å². The van der Waals surface area contributed by atoms with Crippen molar-refractivity contribution < 1.29 is 22.3 Å². The van der Waals surface area contributed by atoms with Gasteiger partial charge in [0.2, 0.25) is 10.0 Å². The molecule has 2 aliphatic rings. The zero-order valence-electron chi connectivity index (χ0n) is 15.8. The summed E-state index contributed by atoms with van der Waals surface area (Å²) in [6.45, 7) is 4.69. The average Bonchev–Trinajstić information content (AvgIpc) is 3.23. The molecule has 3 heterocycles. The Morgan fingerprint density at radius 3 is 2.54 bits per heavy atom. The van der Waals surface area contributed by atoms with Gasteiger partial charge in [0.05, 0.1) is 17.2 Å². The van der Waals surface area contributed by atoms with Gasteiger partial charge in [-0.1, -0.05) is 0 Å². The van der Waals surface area contributed by atoms with Gasteiger partial charge in [-0.25, -0.2) is 13.1 Å². The summed E-state index contributed by atoms with van der Waals surface area (Å²) >= 11 is 0. The van der Waals surface area contributed by atoms with E-state index in [2.05, 4.69) is 21.6 Å². The fraction of sp³-hybridized carbons (Fsp3) is 0.474. The van der Waals surface area contributed by atoms with Crippen LogP contribution in [0.1, 0.15) is 11.8 Å². The number of piperazine rings is 1. The van der Waals surface area contributed by atoms with E-state index in [1.165, 1.54) is 12.1 Å². The second-order valence-electron chi connectivity index (χ2n) is 7.03. The number of hydrogen-bond donors (Lipinski definition) is 1. The summed E-state index contributed by atoms with van der Waals surface area (Å²) in [4.78, 5) is 4.67. The predicted molar refractivity (Wildman–Crippen MR) is 103 cm³/mol. The third-order valence-corrected chi connectivity index (χ3v) is 6.56. The quantitative estimate of drug-likeness (QED) is 0.773. The lowest BCUT2D eigenvalue weighted by Gasteiger charge is -2.37. The lowest BCUT2D eigenvalue weighted by Crippen LogP contribution is -2.48. The van der Waals surface area contributed by atoms with Gasteiger partial charge in [0.25, 0.3) is 0 Å². The second kappa shape index (κ2) is 8.12. The van der Waals surface area contributed by atoms with Crippen molar-refractivity contribution in [3.63, 3.8) is 0 Å². The van der Waals surface area contributed by atoms with Crippen LogP contribution >= 0.6 is 0 Å². The minimum Gasteiger partial charge on any atom is -0.486 e. The van der Waals surface area contributed by atoms with E-state index in [0.29, 0.717) is 24.7 Å². The first-order valence-electron chi connectivity index (χ1n) is 9.38. The van der Waals surface area contributed by atoms with Gasteiger partial charge in [-0.15, -0.1) is 0 Å². The molecule has 1 aromatic heterocycles. The first-order chi connectivity index (χ1) is 13.5. The molecular weight excluding hydrogens is 382 g/mol. The number of fused-ring (bicyclic) bond motifs is 1. The van der Waals surface area contributed by atoms with E-state index in [9.17, 15) is 8.42 Å². The first kappa shape index (κ1) is 19.3. The summed E-state index contributed by atoms with van der Waals surface area (Å²) in [5, 5.41) is 0. The molecule has 0 radical (unpaired) electrons. The lowest BCUT2D eigenvalue weighted by atomic mass is 10.1. The molecule has 152 valence electrons. The van der Waals surface area contributed by atoms with E-state index in [4.69, 9.17) is 13.9 Å². The zero-order valence-corrected chi connectivity index (χ0v) is 16.7. The summed E-state index contributed by atoms with van der Waals surface area (Å²) in [5.41, 5.74) is 0. The van der Waals surface area contributed by atoms with Gasteiger partial charge in [-0.3, -0.25) is 4.90 Å². The second-order valence-corrected chi connectivity index (χ2v) is 8.79. The van der Waals surface area contributed by atoms with E-state index < -0.39 is 10.0 Å². The van der Waals surface area contributed by atoms with Crippen LogP contribution in [0.25, 0.3) is 0 Å². The molecule has 8 nitrogen and oxygen atoms in total. The Bertz CT molecular complexity index is 892. The van der Waals surface area contributed by atoms with Gasteiger partial charge in [-0.2, -0.15) is 0 Å². The molecule has 0 spiro atoms. The summed E-state index contributed by atoms with van der Waals surface area (Å²) in [6, 6.07) is 8.24. The molecule has 1 aromatic carbocycles. The predicted octanol–water partition coefficient (Wildman–Crippen LogP) is 1.32. The normalized spacial score (nSPS) is 19.5. The minimum atomic E-state index is -3.69. The Morgan fingerprint density at radius 1 is 1.07 bits per heavy atom. The van der Waals surface area contributed by atoms with Crippen molar-refractivity contribution in [3.8, 4) is 11.5 Å². The fourth-order valence-corrected chi connectivity index (χ4v) is 4.54. The highest BCUT2D eigenvalue weighted by molar-refractivity contribution is 7.89. The van der Waals surface area contributed by atoms with Crippen LogP contribution in [0.5, 0.6) is 11.5 Å². The van der Waals surface area contributed by atoms with Crippen molar-refractivity contribution in [2.75, 3.05) is 53.0 Å². The van der Waals surface area contributed by atoms with Gasteiger partial charge in [0.15, 0.2) is 11.5 Å².